The minimum absolute atomic E-state index is 0.175. The monoisotopic (exact) mass is 366 g/mol. The predicted octanol–water partition coefficient (Wildman–Crippen LogP) is 5.28. The lowest BCUT2D eigenvalue weighted by Crippen LogP contribution is -2.03. The van der Waals surface area contributed by atoms with Gasteiger partial charge in [0.15, 0.2) is 11.5 Å². The van der Waals surface area contributed by atoms with E-state index in [0.717, 1.165) is 45.3 Å². The number of rotatable bonds is 15. The maximum absolute atomic E-state index is 11.2. The summed E-state index contributed by atoms with van der Waals surface area (Å²) in [4.78, 5) is 11.2. The number of hydrogen-bond acceptors (Lipinski definition) is 4. The predicted molar refractivity (Wildman–Crippen MR) is 103 cm³/mol. The molecule has 0 spiro atoms. The van der Waals surface area contributed by atoms with E-state index in [2.05, 4.69) is 6.92 Å². The van der Waals surface area contributed by atoms with Crippen LogP contribution in [0, 0.1) is 0 Å². The summed E-state index contributed by atoms with van der Waals surface area (Å²) in [6.45, 7) is 3.94. The van der Waals surface area contributed by atoms with Gasteiger partial charge in [-0.3, -0.25) is 0 Å². The molecule has 26 heavy (non-hydrogen) atoms. The fourth-order valence-corrected chi connectivity index (χ4v) is 3.00. The summed E-state index contributed by atoms with van der Waals surface area (Å²) >= 11 is 0. The normalized spacial score (nSPS) is 11.0. The Morgan fingerprint density at radius 2 is 1.46 bits per heavy atom. The molecule has 148 valence electrons. The lowest BCUT2D eigenvalue weighted by atomic mass is 9.99. The zero-order valence-electron chi connectivity index (χ0n) is 16.0. The Morgan fingerprint density at radius 1 is 0.885 bits per heavy atom. The molecule has 0 aliphatic carbocycles. The van der Waals surface area contributed by atoms with Crippen LogP contribution < -0.4 is 0 Å². The molecule has 1 aromatic carbocycles. The van der Waals surface area contributed by atoms with Crippen molar-refractivity contribution in [3.63, 3.8) is 0 Å². The molecule has 0 atom stereocenters. The SMILES string of the molecule is CCCCOCCCCCCCCCCc1ccc(O)c(O)c1C(=O)O. The van der Waals surface area contributed by atoms with Gasteiger partial charge in [0.1, 0.15) is 5.56 Å². The zero-order valence-corrected chi connectivity index (χ0v) is 16.0. The van der Waals surface area contributed by atoms with E-state index in [1.165, 1.54) is 38.2 Å². The average Bonchev–Trinajstić information content (AvgIpc) is 2.61. The Kier molecular flexibility index (Phi) is 11.5. The molecule has 1 aromatic rings. The van der Waals surface area contributed by atoms with Crippen molar-refractivity contribution in [1.82, 2.24) is 0 Å². The maximum atomic E-state index is 11.2. The van der Waals surface area contributed by atoms with Crippen LogP contribution in [-0.2, 0) is 11.2 Å². The van der Waals surface area contributed by atoms with Gasteiger partial charge in [0.2, 0.25) is 0 Å². The highest BCUT2D eigenvalue weighted by molar-refractivity contribution is 5.93. The number of unbranched alkanes of at least 4 members (excludes halogenated alkanes) is 8. The van der Waals surface area contributed by atoms with Crippen molar-refractivity contribution in [2.24, 2.45) is 0 Å². The number of phenolic OH excluding ortho intramolecular Hbond substituents is 1. The van der Waals surface area contributed by atoms with Crippen LogP contribution in [0.15, 0.2) is 12.1 Å². The van der Waals surface area contributed by atoms with Crippen LogP contribution >= 0.6 is 0 Å². The molecule has 3 N–H and O–H groups in total. The van der Waals surface area contributed by atoms with E-state index in [4.69, 9.17) is 4.74 Å². The molecule has 0 aliphatic heterocycles. The smallest absolute Gasteiger partial charge is 0.339 e. The number of benzene rings is 1. The van der Waals surface area contributed by atoms with Gasteiger partial charge in [0.25, 0.3) is 0 Å². The lowest BCUT2D eigenvalue weighted by Gasteiger charge is -2.09. The van der Waals surface area contributed by atoms with Crippen molar-refractivity contribution in [3.8, 4) is 11.5 Å². The summed E-state index contributed by atoms with van der Waals surface area (Å²) in [5, 5.41) is 28.3. The third kappa shape index (κ3) is 8.56. The van der Waals surface area contributed by atoms with Gasteiger partial charge in [-0.1, -0.05) is 57.9 Å². The van der Waals surface area contributed by atoms with Gasteiger partial charge in [-0.05, 0) is 37.3 Å². The molecule has 5 heteroatoms. The van der Waals surface area contributed by atoms with Gasteiger partial charge < -0.3 is 20.1 Å². The summed E-state index contributed by atoms with van der Waals surface area (Å²) in [6.07, 6.45) is 12.0. The number of aromatic hydroxyl groups is 2. The first kappa shape index (κ1) is 22.3. The Labute approximate surface area is 157 Å². The first-order chi connectivity index (χ1) is 12.6. The number of hydrogen-bond donors (Lipinski definition) is 3. The van der Waals surface area contributed by atoms with Crippen LogP contribution in [0.3, 0.4) is 0 Å². The van der Waals surface area contributed by atoms with Gasteiger partial charge in [0.05, 0.1) is 0 Å². The number of aryl methyl sites for hydroxylation is 1. The lowest BCUT2D eigenvalue weighted by molar-refractivity contribution is 0.0691. The van der Waals surface area contributed by atoms with Gasteiger partial charge in [0, 0.05) is 13.2 Å². The Hall–Kier alpha value is -1.75. The van der Waals surface area contributed by atoms with Gasteiger partial charge >= 0.3 is 5.97 Å². The summed E-state index contributed by atoms with van der Waals surface area (Å²) < 4.78 is 5.54. The van der Waals surface area contributed by atoms with Crippen molar-refractivity contribution < 1.29 is 24.9 Å². The fourth-order valence-electron chi connectivity index (χ4n) is 3.00. The molecule has 0 heterocycles. The molecule has 0 unspecified atom stereocenters. The topological polar surface area (TPSA) is 87.0 Å². The molecule has 0 saturated carbocycles. The molecular formula is C21H34O5. The summed E-state index contributed by atoms with van der Waals surface area (Å²) in [6, 6.07) is 2.93. The number of carboxylic acids is 1. The van der Waals surface area contributed by atoms with E-state index >= 15 is 0 Å². The highest BCUT2D eigenvalue weighted by atomic mass is 16.5. The van der Waals surface area contributed by atoms with Crippen LogP contribution in [-0.4, -0.2) is 34.5 Å². The Bertz CT molecular complexity index is 527. The second-order valence-corrected chi connectivity index (χ2v) is 6.82. The van der Waals surface area contributed by atoms with Crippen molar-refractivity contribution in [2.75, 3.05) is 13.2 Å². The Morgan fingerprint density at radius 3 is 2.08 bits per heavy atom. The number of carboxylic acid groups (broad SMARTS) is 1. The third-order valence-electron chi connectivity index (χ3n) is 4.58. The summed E-state index contributed by atoms with van der Waals surface area (Å²) in [7, 11) is 0. The van der Waals surface area contributed by atoms with Crippen LogP contribution in [0.1, 0.15) is 87.1 Å². The standard InChI is InChI=1S/C21H34O5/c1-2-3-15-26-16-11-9-7-5-4-6-8-10-12-17-13-14-18(22)20(23)19(17)21(24)25/h13-14,22-23H,2-12,15-16H2,1H3,(H,24,25). The molecule has 0 bridgehead atoms. The third-order valence-corrected chi connectivity index (χ3v) is 4.58. The molecule has 0 aromatic heterocycles. The second kappa shape index (κ2) is 13.5. The quantitative estimate of drug-likeness (QED) is 0.290. The van der Waals surface area contributed by atoms with E-state index < -0.39 is 11.7 Å². The fraction of sp³-hybridized carbons (Fsp3) is 0.667. The van der Waals surface area contributed by atoms with Gasteiger partial charge in [-0.15, -0.1) is 0 Å². The van der Waals surface area contributed by atoms with E-state index in [1.54, 1.807) is 6.07 Å². The maximum Gasteiger partial charge on any atom is 0.339 e. The molecule has 0 radical (unpaired) electrons. The van der Waals surface area contributed by atoms with Crippen molar-refractivity contribution in [3.05, 3.63) is 23.3 Å². The van der Waals surface area contributed by atoms with E-state index in [0.29, 0.717) is 12.0 Å². The molecule has 0 amide bonds. The number of ether oxygens (including phenoxy) is 1. The van der Waals surface area contributed by atoms with E-state index in [-0.39, 0.29) is 11.3 Å². The molecule has 0 fully saturated rings. The molecule has 0 aliphatic rings. The minimum atomic E-state index is -1.20. The summed E-state index contributed by atoms with van der Waals surface area (Å²) in [5.41, 5.74) is 0.405. The van der Waals surface area contributed by atoms with E-state index in [1.807, 2.05) is 0 Å². The Balaban J connectivity index is 2.08. The van der Waals surface area contributed by atoms with Crippen molar-refractivity contribution >= 4 is 5.97 Å². The molecular weight excluding hydrogens is 332 g/mol. The average molecular weight is 366 g/mol. The van der Waals surface area contributed by atoms with Crippen molar-refractivity contribution in [2.45, 2.75) is 77.6 Å². The summed E-state index contributed by atoms with van der Waals surface area (Å²) in [5.74, 6) is -2.12. The zero-order chi connectivity index (χ0) is 19.2. The molecule has 1 rings (SSSR count). The van der Waals surface area contributed by atoms with Crippen LogP contribution in [0.4, 0.5) is 0 Å². The van der Waals surface area contributed by atoms with Crippen LogP contribution in [0.2, 0.25) is 0 Å². The number of aromatic carboxylic acids is 1. The van der Waals surface area contributed by atoms with Crippen LogP contribution in [0.5, 0.6) is 11.5 Å². The minimum Gasteiger partial charge on any atom is -0.504 e. The van der Waals surface area contributed by atoms with Gasteiger partial charge in [-0.25, -0.2) is 4.79 Å². The largest absolute Gasteiger partial charge is 0.504 e. The van der Waals surface area contributed by atoms with Crippen molar-refractivity contribution in [1.29, 1.82) is 0 Å². The van der Waals surface area contributed by atoms with Gasteiger partial charge in [-0.2, -0.15) is 0 Å². The van der Waals surface area contributed by atoms with E-state index in [9.17, 15) is 20.1 Å². The molecule has 5 nitrogen and oxygen atoms in total. The second-order valence-electron chi connectivity index (χ2n) is 6.82. The molecule has 0 saturated heterocycles. The first-order valence-corrected chi connectivity index (χ1v) is 9.92. The van der Waals surface area contributed by atoms with Crippen LogP contribution in [0.25, 0.3) is 0 Å². The first-order valence-electron chi connectivity index (χ1n) is 9.92. The highest BCUT2D eigenvalue weighted by Gasteiger charge is 2.18. The number of phenols is 2. The highest BCUT2D eigenvalue weighted by Crippen LogP contribution is 2.32. The number of carbonyl (C=O) groups is 1.